The largest absolute Gasteiger partial charge is 0.418 e. The van der Waals surface area contributed by atoms with Crippen molar-refractivity contribution in [2.24, 2.45) is 13.0 Å². The fraction of sp³-hybridized carbons (Fsp3) is 0.529. The van der Waals surface area contributed by atoms with Gasteiger partial charge in [-0.05, 0) is 37.4 Å². The van der Waals surface area contributed by atoms with Gasteiger partial charge in [0.15, 0.2) is 0 Å². The number of alkyl halides is 3. The molecule has 1 saturated heterocycles. The molecule has 0 unspecified atom stereocenters. The number of likely N-dealkylation sites (tertiary alicyclic amines) is 1. The van der Waals surface area contributed by atoms with Crippen LogP contribution in [0.4, 0.5) is 13.2 Å². The smallest absolute Gasteiger partial charge is 0.338 e. The van der Waals surface area contributed by atoms with Gasteiger partial charge in [0.25, 0.3) is 0 Å². The molecule has 130 valence electrons. The van der Waals surface area contributed by atoms with Crippen LogP contribution in [0.1, 0.15) is 29.9 Å². The predicted octanol–water partition coefficient (Wildman–Crippen LogP) is 3.29. The van der Waals surface area contributed by atoms with E-state index in [0.717, 1.165) is 44.2 Å². The van der Waals surface area contributed by atoms with Gasteiger partial charge in [0.1, 0.15) is 5.82 Å². The molecule has 2 aromatic heterocycles. The number of hydrogen-bond donors (Lipinski definition) is 0. The molecule has 3 rings (SSSR count). The fourth-order valence-corrected chi connectivity index (χ4v) is 3.35. The molecule has 0 amide bonds. The second-order valence-electron chi connectivity index (χ2n) is 6.40. The minimum Gasteiger partial charge on any atom is -0.338 e. The van der Waals surface area contributed by atoms with E-state index in [1.807, 2.05) is 17.8 Å². The molecule has 24 heavy (non-hydrogen) atoms. The number of hydrogen-bond acceptors (Lipinski definition) is 3. The molecule has 1 aliphatic heterocycles. The summed E-state index contributed by atoms with van der Waals surface area (Å²) in [4.78, 5) is 10.4. The van der Waals surface area contributed by atoms with Crippen molar-refractivity contribution in [1.29, 1.82) is 0 Å². The molecule has 0 spiro atoms. The number of pyridine rings is 1. The van der Waals surface area contributed by atoms with Crippen LogP contribution in [-0.2, 0) is 26.2 Å². The number of aryl methyl sites for hydroxylation is 1. The Bertz CT molecular complexity index is 680. The molecule has 1 aliphatic rings. The maximum Gasteiger partial charge on any atom is 0.418 e. The highest BCUT2D eigenvalue weighted by Gasteiger charge is 2.34. The first-order valence-corrected chi connectivity index (χ1v) is 8.13. The van der Waals surface area contributed by atoms with E-state index in [0.29, 0.717) is 5.92 Å². The van der Waals surface area contributed by atoms with Gasteiger partial charge in [0, 0.05) is 45.1 Å². The lowest BCUT2D eigenvalue weighted by atomic mass is 9.94. The molecular formula is C17H21F3N4. The second-order valence-corrected chi connectivity index (χ2v) is 6.40. The van der Waals surface area contributed by atoms with Gasteiger partial charge < -0.3 is 4.57 Å². The minimum atomic E-state index is -4.36. The normalized spacial score (nSPS) is 19.6. The summed E-state index contributed by atoms with van der Waals surface area (Å²) in [6.45, 7) is 1.83. The van der Waals surface area contributed by atoms with Crippen molar-refractivity contribution < 1.29 is 13.2 Å². The van der Waals surface area contributed by atoms with Crippen LogP contribution < -0.4 is 0 Å². The first-order valence-electron chi connectivity index (χ1n) is 8.13. The highest BCUT2D eigenvalue weighted by atomic mass is 19.4. The van der Waals surface area contributed by atoms with Crippen molar-refractivity contribution in [3.8, 4) is 0 Å². The highest BCUT2D eigenvalue weighted by molar-refractivity contribution is 5.23. The molecule has 0 saturated carbocycles. The maximum atomic E-state index is 13.1. The second kappa shape index (κ2) is 6.93. The van der Waals surface area contributed by atoms with Gasteiger partial charge in [-0.2, -0.15) is 13.2 Å². The zero-order valence-electron chi connectivity index (χ0n) is 13.6. The molecule has 0 radical (unpaired) electrons. The number of piperidine rings is 1. The first-order chi connectivity index (χ1) is 11.4. The van der Waals surface area contributed by atoms with E-state index in [1.165, 1.54) is 12.3 Å². The third kappa shape index (κ3) is 3.95. The summed E-state index contributed by atoms with van der Waals surface area (Å²) in [5.41, 5.74) is -0.515. The third-order valence-corrected chi connectivity index (χ3v) is 4.56. The number of nitrogens with zero attached hydrogens (tertiary/aromatic N) is 4. The number of imidazole rings is 1. The van der Waals surface area contributed by atoms with E-state index < -0.39 is 11.7 Å². The standard InChI is InChI=1S/C17H21F3N4/c1-23-9-7-22-16(23)10-13-4-3-8-24(11-13)12-15-14(17(18,19)20)5-2-6-21-15/h2,5-7,9,13H,3-4,8,10-12H2,1H3/t13-/m1/s1. The van der Waals surface area contributed by atoms with E-state index in [9.17, 15) is 13.2 Å². The van der Waals surface area contributed by atoms with Crippen LogP contribution in [0.15, 0.2) is 30.7 Å². The third-order valence-electron chi connectivity index (χ3n) is 4.56. The Balaban J connectivity index is 1.67. The van der Waals surface area contributed by atoms with Crippen molar-refractivity contribution in [2.45, 2.75) is 32.0 Å². The summed E-state index contributed by atoms with van der Waals surface area (Å²) in [7, 11) is 1.96. The van der Waals surface area contributed by atoms with Crippen LogP contribution >= 0.6 is 0 Å². The van der Waals surface area contributed by atoms with Crippen LogP contribution in [0, 0.1) is 5.92 Å². The van der Waals surface area contributed by atoms with Crippen molar-refractivity contribution in [2.75, 3.05) is 13.1 Å². The van der Waals surface area contributed by atoms with Crippen molar-refractivity contribution in [1.82, 2.24) is 19.4 Å². The molecular weight excluding hydrogens is 317 g/mol. The van der Waals surface area contributed by atoms with Gasteiger partial charge in [-0.25, -0.2) is 4.98 Å². The number of aromatic nitrogens is 3. The molecule has 0 aliphatic carbocycles. The Morgan fingerprint density at radius 3 is 2.79 bits per heavy atom. The zero-order valence-corrected chi connectivity index (χ0v) is 13.6. The molecule has 0 aromatic carbocycles. The van der Waals surface area contributed by atoms with E-state index in [4.69, 9.17) is 0 Å². The average Bonchev–Trinajstić information content (AvgIpc) is 2.92. The molecule has 0 N–H and O–H groups in total. The summed E-state index contributed by atoms with van der Waals surface area (Å²) in [5.74, 6) is 1.44. The lowest BCUT2D eigenvalue weighted by Crippen LogP contribution is -2.36. The van der Waals surface area contributed by atoms with Gasteiger partial charge >= 0.3 is 6.18 Å². The summed E-state index contributed by atoms with van der Waals surface area (Å²) in [6, 6.07) is 2.45. The van der Waals surface area contributed by atoms with Gasteiger partial charge in [-0.15, -0.1) is 0 Å². The van der Waals surface area contributed by atoms with Crippen LogP contribution in [0.2, 0.25) is 0 Å². The summed E-state index contributed by atoms with van der Waals surface area (Å²) in [5, 5.41) is 0. The lowest BCUT2D eigenvalue weighted by Gasteiger charge is -2.32. The Kier molecular flexibility index (Phi) is 4.89. The van der Waals surface area contributed by atoms with Gasteiger partial charge in [0.2, 0.25) is 0 Å². The molecule has 3 heterocycles. The topological polar surface area (TPSA) is 34.0 Å². The van der Waals surface area contributed by atoms with Crippen LogP contribution in [0.25, 0.3) is 0 Å². The van der Waals surface area contributed by atoms with Gasteiger partial charge in [-0.1, -0.05) is 0 Å². The zero-order chi connectivity index (χ0) is 17.2. The van der Waals surface area contributed by atoms with Crippen molar-refractivity contribution >= 4 is 0 Å². The fourth-order valence-electron chi connectivity index (χ4n) is 3.35. The van der Waals surface area contributed by atoms with Gasteiger partial charge in [0.05, 0.1) is 11.3 Å². The Hall–Kier alpha value is -1.89. The first kappa shape index (κ1) is 17.0. The number of rotatable bonds is 4. The van der Waals surface area contributed by atoms with Gasteiger partial charge in [-0.3, -0.25) is 9.88 Å². The van der Waals surface area contributed by atoms with E-state index in [2.05, 4.69) is 14.9 Å². The van der Waals surface area contributed by atoms with Crippen LogP contribution in [0.5, 0.6) is 0 Å². The quantitative estimate of drug-likeness (QED) is 0.858. The predicted molar refractivity (Wildman–Crippen MR) is 84.2 cm³/mol. The molecule has 1 atom stereocenters. The Morgan fingerprint density at radius 1 is 1.25 bits per heavy atom. The summed E-state index contributed by atoms with van der Waals surface area (Å²) >= 11 is 0. The highest BCUT2D eigenvalue weighted by Crippen LogP contribution is 2.32. The molecule has 0 bridgehead atoms. The lowest BCUT2D eigenvalue weighted by molar-refractivity contribution is -0.138. The van der Waals surface area contributed by atoms with E-state index in [-0.39, 0.29) is 12.2 Å². The Morgan fingerprint density at radius 2 is 2.08 bits per heavy atom. The maximum absolute atomic E-state index is 13.1. The average molecular weight is 338 g/mol. The summed E-state index contributed by atoms with van der Waals surface area (Å²) < 4.78 is 41.3. The SMILES string of the molecule is Cn1ccnc1C[C@H]1CCCN(Cc2ncccc2C(F)(F)F)C1. The minimum absolute atomic E-state index is 0.114. The Labute approximate surface area is 139 Å². The monoisotopic (exact) mass is 338 g/mol. The van der Waals surface area contributed by atoms with Crippen molar-refractivity contribution in [3.05, 3.63) is 47.8 Å². The van der Waals surface area contributed by atoms with Crippen LogP contribution in [0.3, 0.4) is 0 Å². The molecule has 1 fully saturated rings. The van der Waals surface area contributed by atoms with E-state index in [1.54, 1.807) is 6.20 Å². The molecule has 4 nitrogen and oxygen atoms in total. The molecule has 7 heteroatoms. The van der Waals surface area contributed by atoms with E-state index >= 15 is 0 Å². The van der Waals surface area contributed by atoms with Crippen molar-refractivity contribution in [3.63, 3.8) is 0 Å². The summed E-state index contributed by atoms with van der Waals surface area (Å²) in [6.07, 6.45) is 3.69. The molecule has 2 aromatic rings. The number of halogens is 3. The van der Waals surface area contributed by atoms with Crippen LogP contribution in [-0.4, -0.2) is 32.5 Å².